The third-order valence-corrected chi connectivity index (χ3v) is 4.84. The number of likely N-dealkylation sites (N-methyl/N-ethyl adjacent to an activating group) is 1. The first-order valence-corrected chi connectivity index (χ1v) is 8.25. The average Bonchev–Trinajstić information content (AvgIpc) is 2.98. The summed E-state index contributed by atoms with van der Waals surface area (Å²) < 4.78 is 5.78. The normalized spacial score (nSPS) is 34.3. The number of hydrogen-bond donors (Lipinski definition) is 1. The Hall–Kier alpha value is -0.630. The molecule has 1 N–H and O–H groups in total. The van der Waals surface area contributed by atoms with Crippen molar-refractivity contribution in [2.45, 2.75) is 70.1 Å². The van der Waals surface area contributed by atoms with Gasteiger partial charge in [-0.25, -0.2) is 0 Å². The quantitative estimate of drug-likeness (QED) is 0.810. The maximum atomic E-state index is 9.57. The van der Waals surface area contributed by atoms with E-state index in [1.807, 2.05) is 0 Å². The van der Waals surface area contributed by atoms with Gasteiger partial charge in [0.2, 0.25) is 0 Å². The molecule has 1 aliphatic heterocycles. The molecule has 2 aliphatic rings. The molecule has 1 aliphatic carbocycles. The summed E-state index contributed by atoms with van der Waals surface area (Å²) in [5.74, 6) is 0. The molecule has 3 atom stereocenters. The third kappa shape index (κ3) is 3.72. The van der Waals surface area contributed by atoms with Gasteiger partial charge in [0.05, 0.1) is 12.2 Å². The molecule has 0 aromatic carbocycles. The van der Waals surface area contributed by atoms with Crippen molar-refractivity contribution >= 4 is 0 Å². The summed E-state index contributed by atoms with van der Waals surface area (Å²) in [6.07, 6.45) is 7.12. The second-order valence-electron chi connectivity index (χ2n) is 6.20. The van der Waals surface area contributed by atoms with Gasteiger partial charge in [-0.05, 0) is 51.6 Å². The van der Waals surface area contributed by atoms with Crippen LogP contribution in [0.1, 0.15) is 52.4 Å². The summed E-state index contributed by atoms with van der Waals surface area (Å²) in [6, 6.07) is 3.08. The second kappa shape index (κ2) is 7.40. The Morgan fingerprint density at radius 2 is 2.20 bits per heavy atom. The van der Waals surface area contributed by atoms with Crippen LogP contribution in [0.2, 0.25) is 0 Å². The van der Waals surface area contributed by atoms with Crippen LogP contribution in [-0.4, -0.2) is 48.8 Å². The standard InChI is InChI=1S/C16H29N3O/c1-3-18-16(13-17)9-5-7-14(11-16)19(4-2)12-15-8-6-10-20-15/h14-15,18H,3-12H2,1-2H3. The minimum atomic E-state index is -0.304. The highest BCUT2D eigenvalue weighted by Gasteiger charge is 2.38. The van der Waals surface area contributed by atoms with Gasteiger partial charge >= 0.3 is 0 Å². The van der Waals surface area contributed by atoms with E-state index in [1.165, 1.54) is 19.3 Å². The molecule has 0 radical (unpaired) electrons. The Morgan fingerprint density at radius 3 is 2.80 bits per heavy atom. The smallest absolute Gasteiger partial charge is 0.108 e. The first-order chi connectivity index (χ1) is 9.73. The fourth-order valence-corrected chi connectivity index (χ4v) is 3.78. The molecule has 0 bridgehead atoms. The van der Waals surface area contributed by atoms with Gasteiger partial charge in [0.1, 0.15) is 5.54 Å². The molecule has 2 fully saturated rings. The van der Waals surface area contributed by atoms with Crippen LogP contribution in [0.5, 0.6) is 0 Å². The minimum Gasteiger partial charge on any atom is -0.377 e. The Kier molecular flexibility index (Phi) is 5.83. The summed E-state index contributed by atoms with van der Waals surface area (Å²) in [6.45, 7) is 8.20. The van der Waals surface area contributed by atoms with Gasteiger partial charge in [0.15, 0.2) is 0 Å². The highest BCUT2D eigenvalue weighted by atomic mass is 16.5. The molecular weight excluding hydrogens is 250 g/mol. The Bertz CT molecular complexity index is 331. The molecule has 114 valence electrons. The lowest BCUT2D eigenvalue weighted by atomic mass is 9.79. The van der Waals surface area contributed by atoms with Gasteiger partial charge in [0, 0.05) is 19.2 Å². The van der Waals surface area contributed by atoms with Crippen LogP contribution in [0.4, 0.5) is 0 Å². The van der Waals surface area contributed by atoms with E-state index in [0.717, 1.165) is 45.5 Å². The molecule has 20 heavy (non-hydrogen) atoms. The van der Waals surface area contributed by atoms with E-state index in [1.54, 1.807) is 0 Å². The fourth-order valence-electron chi connectivity index (χ4n) is 3.78. The minimum absolute atomic E-state index is 0.304. The monoisotopic (exact) mass is 279 g/mol. The first-order valence-electron chi connectivity index (χ1n) is 8.25. The van der Waals surface area contributed by atoms with Crippen LogP contribution in [0.25, 0.3) is 0 Å². The topological polar surface area (TPSA) is 48.3 Å². The van der Waals surface area contributed by atoms with Crippen LogP contribution in [-0.2, 0) is 4.74 Å². The van der Waals surface area contributed by atoms with Crippen LogP contribution in [0.15, 0.2) is 0 Å². The van der Waals surface area contributed by atoms with Gasteiger partial charge in [0.25, 0.3) is 0 Å². The lowest BCUT2D eigenvalue weighted by Gasteiger charge is -2.42. The van der Waals surface area contributed by atoms with Crippen molar-refractivity contribution in [1.82, 2.24) is 10.2 Å². The molecule has 1 heterocycles. The van der Waals surface area contributed by atoms with Crippen molar-refractivity contribution in [3.63, 3.8) is 0 Å². The lowest BCUT2D eigenvalue weighted by Crippen LogP contribution is -2.53. The van der Waals surface area contributed by atoms with E-state index in [4.69, 9.17) is 4.74 Å². The van der Waals surface area contributed by atoms with Crippen molar-refractivity contribution < 1.29 is 4.74 Å². The number of nitrogens with zero attached hydrogens (tertiary/aromatic N) is 2. The molecular formula is C16H29N3O. The molecule has 0 amide bonds. The SMILES string of the molecule is CCNC1(C#N)CCCC(N(CC)CC2CCCO2)C1. The lowest BCUT2D eigenvalue weighted by molar-refractivity contribution is 0.0429. The fraction of sp³-hybridized carbons (Fsp3) is 0.938. The van der Waals surface area contributed by atoms with Gasteiger partial charge in [-0.15, -0.1) is 0 Å². The first kappa shape index (κ1) is 15.8. The summed E-state index contributed by atoms with van der Waals surface area (Å²) in [7, 11) is 0. The molecule has 4 heteroatoms. The highest BCUT2D eigenvalue weighted by molar-refractivity contribution is 5.11. The van der Waals surface area contributed by atoms with Crippen molar-refractivity contribution in [2.75, 3.05) is 26.2 Å². The van der Waals surface area contributed by atoms with Gasteiger partial charge in [-0.3, -0.25) is 10.2 Å². The van der Waals surface area contributed by atoms with Crippen molar-refractivity contribution in [1.29, 1.82) is 5.26 Å². The molecule has 2 rings (SSSR count). The molecule has 0 spiro atoms. The van der Waals surface area contributed by atoms with E-state index in [-0.39, 0.29) is 5.54 Å². The van der Waals surface area contributed by atoms with E-state index in [0.29, 0.717) is 12.1 Å². The van der Waals surface area contributed by atoms with Crippen LogP contribution in [0.3, 0.4) is 0 Å². The van der Waals surface area contributed by atoms with E-state index >= 15 is 0 Å². The zero-order chi connectivity index (χ0) is 14.4. The highest BCUT2D eigenvalue weighted by Crippen LogP contribution is 2.31. The average molecular weight is 279 g/mol. The number of ether oxygens (including phenoxy) is 1. The maximum absolute atomic E-state index is 9.57. The Labute approximate surface area is 123 Å². The maximum Gasteiger partial charge on any atom is 0.108 e. The van der Waals surface area contributed by atoms with Crippen LogP contribution >= 0.6 is 0 Å². The largest absolute Gasteiger partial charge is 0.377 e. The summed E-state index contributed by atoms with van der Waals surface area (Å²) in [5, 5.41) is 13.0. The number of hydrogen-bond acceptors (Lipinski definition) is 4. The molecule has 0 aromatic rings. The predicted molar refractivity (Wildman–Crippen MR) is 80.5 cm³/mol. The van der Waals surface area contributed by atoms with E-state index in [9.17, 15) is 5.26 Å². The van der Waals surface area contributed by atoms with Crippen molar-refractivity contribution in [3.05, 3.63) is 0 Å². The molecule has 1 saturated heterocycles. The summed E-state index contributed by atoms with van der Waals surface area (Å²) in [4.78, 5) is 2.54. The van der Waals surface area contributed by atoms with Crippen molar-refractivity contribution in [2.24, 2.45) is 0 Å². The number of rotatable bonds is 6. The van der Waals surface area contributed by atoms with Gasteiger partial charge < -0.3 is 4.74 Å². The van der Waals surface area contributed by atoms with Crippen molar-refractivity contribution in [3.8, 4) is 6.07 Å². The zero-order valence-electron chi connectivity index (χ0n) is 13.0. The summed E-state index contributed by atoms with van der Waals surface area (Å²) >= 11 is 0. The van der Waals surface area contributed by atoms with Gasteiger partial charge in [-0.1, -0.05) is 13.8 Å². The molecule has 3 unspecified atom stereocenters. The van der Waals surface area contributed by atoms with Crippen LogP contribution in [0, 0.1) is 11.3 Å². The Morgan fingerprint density at radius 1 is 1.35 bits per heavy atom. The van der Waals surface area contributed by atoms with E-state index < -0.39 is 0 Å². The number of nitrogens with one attached hydrogen (secondary N) is 1. The molecule has 0 aromatic heterocycles. The Balaban J connectivity index is 1.96. The zero-order valence-corrected chi connectivity index (χ0v) is 13.0. The molecule has 1 saturated carbocycles. The third-order valence-electron chi connectivity index (χ3n) is 4.84. The van der Waals surface area contributed by atoms with Gasteiger partial charge in [-0.2, -0.15) is 5.26 Å². The second-order valence-corrected chi connectivity index (χ2v) is 6.20. The number of nitriles is 1. The van der Waals surface area contributed by atoms with E-state index in [2.05, 4.69) is 30.1 Å². The molecule has 4 nitrogen and oxygen atoms in total. The summed E-state index contributed by atoms with van der Waals surface area (Å²) in [5.41, 5.74) is -0.304. The van der Waals surface area contributed by atoms with Crippen LogP contribution < -0.4 is 5.32 Å². The predicted octanol–water partition coefficient (Wildman–Crippen LogP) is 2.30.